The minimum Gasteiger partial charge on any atom is -0.383 e. The number of pyridine rings is 1. The molecule has 1 atom stereocenters. The van der Waals surface area contributed by atoms with Gasteiger partial charge in [0.05, 0.1) is 22.8 Å². The predicted octanol–water partition coefficient (Wildman–Crippen LogP) is 3.82. The maximum absolute atomic E-state index is 6.33. The summed E-state index contributed by atoms with van der Waals surface area (Å²) in [5, 5.41) is 1.85. The Hall–Kier alpha value is -1.20. The van der Waals surface area contributed by atoms with E-state index in [9.17, 15) is 0 Å². The first kappa shape index (κ1) is 18.2. The van der Waals surface area contributed by atoms with Crippen molar-refractivity contribution in [3.05, 3.63) is 41.0 Å². The van der Waals surface area contributed by atoms with Crippen LogP contribution in [-0.4, -0.2) is 61.2 Å². The summed E-state index contributed by atoms with van der Waals surface area (Å²) in [6, 6.07) is 10.3. The summed E-state index contributed by atoms with van der Waals surface area (Å²) >= 11 is 6.33. The lowest BCUT2D eigenvalue weighted by molar-refractivity contribution is 0.0673. The number of methoxy groups -OCH3 is 1. The highest BCUT2D eigenvalue weighted by molar-refractivity contribution is 6.35. The third kappa shape index (κ3) is 3.89. The van der Waals surface area contributed by atoms with Gasteiger partial charge in [-0.3, -0.25) is 4.90 Å². The van der Waals surface area contributed by atoms with E-state index in [1.807, 2.05) is 12.1 Å². The van der Waals surface area contributed by atoms with Crippen LogP contribution >= 0.6 is 11.6 Å². The Morgan fingerprint density at radius 2 is 2.00 bits per heavy atom. The van der Waals surface area contributed by atoms with Gasteiger partial charge < -0.3 is 9.64 Å². The van der Waals surface area contributed by atoms with Gasteiger partial charge in [0.2, 0.25) is 0 Å². The number of rotatable bonds is 5. The van der Waals surface area contributed by atoms with E-state index in [1.54, 1.807) is 7.11 Å². The van der Waals surface area contributed by atoms with E-state index < -0.39 is 0 Å². The van der Waals surface area contributed by atoms with Gasteiger partial charge in [-0.1, -0.05) is 29.8 Å². The van der Waals surface area contributed by atoms with Crippen molar-refractivity contribution in [1.82, 2.24) is 14.8 Å². The molecule has 4 rings (SSSR count). The number of ether oxygens (including phenoxy) is 1. The Morgan fingerprint density at radius 3 is 2.88 bits per heavy atom. The fourth-order valence-electron chi connectivity index (χ4n) is 4.69. The van der Waals surface area contributed by atoms with E-state index in [1.165, 1.54) is 45.4 Å². The molecule has 4 nitrogen and oxygen atoms in total. The third-order valence-corrected chi connectivity index (χ3v) is 6.29. The molecule has 0 amide bonds. The Bertz CT molecular complexity index is 768. The molecule has 1 unspecified atom stereocenters. The van der Waals surface area contributed by atoms with Gasteiger partial charge in [0.15, 0.2) is 0 Å². The molecule has 0 saturated carbocycles. The number of aromatic nitrogens is 1. The zero-order chi connectivity index (χ0) is 18.0. The third-order valence-electron chi connectivity index (χ3n) is 5.98. The van der Waals surface area contributed by atoms with Gasteiger partial charge in [-0.2, -0.15) is 0 Å². The second kappa shape index (κ2) is 7.81. The lowest BCUT2D eigenvalue weighted by Crippen LogP contribution is -2.45. The molecule has 2 saturated heterocycles. The van der Waals surface area contributed by atoms with E-state index in [2.05, 4.69) is 28.0 Å². The number of fused-ring (bicyclic) bond motifs is 1. The van der Waals surface area contributed by atoms with Gasteiger partial charge in [0.25, 0.3) is 0 Å². The molecule has 1 aromatic carbocycles. The van der Waals surface area contributed by atoms with Gasteiger partial charge in [0.1, 0.15) is 0 Å². The zero-order valence-electron chi connectivity index (χ0n) is 15.6. The molecule has 0 bridgehead atoms. The van der Waals surface area contributed by atoms with Gasteiger partial charge in [-0.05, 0) is 49.9 Å². The summed E-state index contributed by atoms with van der Waals surface area (Å²) in [6.07, 6.45) is 3.95. The molecule has 0 aliphatic carbocycles. The average molecular weight is 374 g/mol. The van der Waals surface area contributed by atoms with Crippen molar-refractivity contribution in [2.75, 3.05) is 46.4 Å². The normalized spacial score (nSPS) is 24.7. The van der Waals surface area contributed by atoms with Crippen LogP contribution in [0.15, 0.2) is 30.3 Å². The standard InChI is InChI=1S/C21H28ClN3O/c1-26-13-12-24-10-3-8-21(15-24)9-11-25(16-21)14-18-7-6-17-4-2-5-19(22)20(17)23-18/h2,4-7H,3,8-16H2,1H3. The number of nitrogens with zero attached hydrogens (tertiary/aromatic N) is 3. The van der Waals surface area contributed by atoms with Crippen molar-refractivity contribution < 1.29 is 4.74 Å². The Kier molecular flexibility index (Phi) is 5.46. The molecule has 26 heavy (non-hydrogen) atoms. The van der Waals surface area contributed by atoms with Gasteiger partial charge in [-0.15, -0.1) is 0 Å². The van der Waals surface area contributed by atoms with E-state index in [0.29, 0.717) is 5.41 Å². The first-order valence-corrected chi connectivity index (χ1v) is 10.0. The van der Waals surface area contributed by atoms with Crippen molar-refractivity contribution in [2.24, 2.45) is 5.41 Å². The molecular formula is C21H28ClN3O. The Labute approximate surface area is 161 Å². The number of para-hydroxylation sites is 1. The molecular weight excluding hydrogens is 346 g/mol. The quantitative estimate of drug-likeness (QED) is 0.796. The van der Waals surface area contributed by atoms with Crippen molar-refractivity contribution >= 4 is 22.5 Å². The number of piperidine rings is 1. The highest BCUT2D eigenvalue weighted by Gasteiger charge is 2.41. The SMILES string of the molecule is COCCN1CCCC2(CCN(Cc3ccc4cccc(Cl)c4n3)C2)C1. The molecule has 2 aromatic rings. The Morgan fingerprint density at radius 1 is 1.12 bits per heavy atom. The molecule has 2 aliphatic heterocycles. The van der Waals surface area contributed by atoms with Crippen LogP contribution in [0.2, 0.25) is 5.02 Å². The fraction of sp³-hybridized carbons (Fsp3) is 0.571. The predicted molar refractivity (Wildman–Crippen MR) is 107 cm³/mol. The molecule has 2 fully saturated rings. The summed E-state index contributed by atoms with van der Waals surface area (Å²) in [4.78, 5) is 9.99. The lowest BCUT2D eigenvalue weighted by Gasteiger charge is -2.40. The summed E-state index contributed by atoms with van der Waals surface area (Å²) in [6.45, 7) is 7.59. The molecule has 1 aromatic heterocycles. The second-order valence-corrected chi connectivity index (χ2v) is 8.35. The number of halogens is 1. The molecule has 2 aliphatic rings. The van der Waals surface area contributed by atoms with Gasteiger partial charge in [-0.25, -0.2) is 4.98 Å². The largest absolute Gasteiger partial charge is 0.383 e. The minimum atomic E-state index is 0.459. The smallest absolute Gasteiger partial charge is 0.0891 e. The number of benzene rings is 1. The maximum Gasteiger partial charge on any atom is 0.0891 e. The van der Waals surface area contributed by atoms with Crippen LogP contribution in [0.25, 0.3) is 10.9 Å². The van der Waals surface area contributed by atoms with Crippen molar-refractivity contribution in [2.45, 2.75) is 25.8 Å². The van der Waals surface area contributed by atoms with Gasteiger partial charge >= 0.3 is 0 Å². The molecule has 5 heteroatoms. The molecule has 1 spiro atoms. The molecule has 3 heterocycles. The van der Waals surface area contributed by atoms with Crippen LogP contribution in [0.5, 0.6) is 0 Å². The Balaban J connectivity index is 1.42. The first-order valence-electron chi connectivity index (χ1n) is 9.65. The average Bonchev–Trinajstić information content (AvgIpc) is 3.02. The second-order valence-electron chi connectivity index (χ2n) is 7.95. The summed E-state index contributed by atoms with van der Waals surface area (Å²) in [7, 11) is 1.79. The van der Waals surface area contributed by atoms with E-state index in [0.717, 1.165) is 41.3 Å². The summed E-state index contributed by atoms with van der Waals surface area (Å²) in [5.41, 5.74) is 2.50. The van der Waals surface area contributed by atoms with Crippen LogP contribution in [0.1, 0.15) is 25.0 Å². The van der Waals surface area contributed by atoms with Gasteiger partial charge in [0, 0.05) is 38.7 Å². The number of likely N-dealkylation sites (tertiary alicyclic amines) is 2. The van der Waals surface area contributed by atoms with Crippen molar-refractivity contribution in [1.29, 1.82) is 0 Å². The van der Waals surface area contributed by atoms with Crippen molar-refractivity contribution in [3.8, 4) is 0 Å². The first-order chi connectivity index (χ1) is 12.7. The van der Waals surface area contributed by atoms with Crippen LogP contribution in [0, 0.1) is 5.41 Å². The molecule has 140 valence electrons. The topological polar surface area (TPSA) is 28.6 Å². The zero-order valence-corrected chi connectivity index (χ0v) is 16.3. The van der Waals surface area contributed by atoms with Crippen LogP contribution in [-0.2, 0) is 11.3 Å². The van der Waals surface area contributed by atoms with E-state index >= 15 is 0 Å². The maximum atomic E-state index is 6.33. The minimum absolute atomic E-state index is 0.459. The monoisotopic (exact) mass is 373 g/mol. The molecule has 0 radical (unpaired) electrons. The lowest BCUT2D eigenvalue weighted by atomic mass is 9.79. The number of hydrogen-bond acceptors (Lipinski definition) is 4. The summed E-state index contributed by atoms with van der Waals surface area (Å²) < 4.78 is 5.27. The van der Waals surface area contributed by atoms with Crippen molar-refractivity contribution in [3.63, 3.8) is 0 Å². The highest BCUT2D eigenvalue weighted by Crippen LogP contribution is 2.39. The van der Waals surface area contributed by atoms with Crippen LogP contribution in [0.3, 0.4) is 0 Å². The van der Waals surface area contributed by atoms with Crippen LogP contribution < -0.4 is 0 Å². The van der Waals surface area contributed by atoms with E-state index in [4.69, 9.17) is 21.3 Å². The fourth-order valence-corrected chi connectivity index (χ4v) is 4.91. The highest BCUT2D eigenvalue weighted by atomic mass is 35.5. The molecule has 0 N–H and O–H groups in total. The van der Waals surface area contributed by atoms with E-state index in [-0.39, 0.29) is 0 Å². The summed E-state index contributed by atoms with van der Waals surface area (Å²) in [5.74, 6) is 0. The van der Waals surface area contributed by atoms with Crippen LogP contribution in [0.4, 0.5) is 0 Å². The number of hydrogen-bond donors (Lipinski definition) is 0.